The molecule has 0 radical (unpaired) electrons. The van der Waals surface area contributed by atoms with Gasteiger partial charge in [0.15, 0.2) is 5.76 Å². The number of esters is 1. The molecule has 2 aromatic rings. The van der Waals surface area contributed by atoms with Crippen LogP contribution in [0.15, 0.2) is 27.3 Å². The highest BCUT2D eigenvalue weighted by Gasteiger charge is 2.27. The highest BCUT2D eigenvalue weighted by atomic mass is 16.5. The van der Waals surface area contributed by atoms with Crippen LogP contribution in [0, 0.1) is 5.92 Å². The van der Waals surface area contributed by atoms with Crippen molar-refractivity contribution in [2.24, 2.45) is 5.92 Å². The predicted octanol–water partition coefficient (Wildman–Crippen LogP) is 1.71. The average Bonchev–Trinajstić information content (AvgIpc) is 3.17. The molecule has 0 unspecified atom stereocenters. The molecular weight excluding hydrogens is 274 g/mol. The van der Waals surface area contributed by atoms with Gasteiger partial charge in [-0.1, -0.05) is 5.16 Å². The quantitative estimate of drug-likeness (QED) is 0.793. The zero-order valence-electron chi connectivity index (χ0n) is 11.8. The third kappa shape index (κ3) is 3.13. The Kier molecular flexibility index (Phi) is 4.01. The maximum atomic E-state index is 11.6. The van der Waals surface area contributed by atoms with Gasteiger partial charge in [0.25, 0.3) is 0 Å². The second kappa shape index (κ2) is 6.09. The molecule has 2 aromatic heterocycles. The first-order chi connectivity index (χ1) is 10.3. The number of nitrogens with zero attached hydrogens (tertiary/aromatic N) is 3. The minimum atomic E-state index is -0.151. The van der Waals surface area contributed by atoms with E-state index >= 15 is 0 Å². The van der Waals surface area contributed by atoms with E-state index < -0.39 is 0 Å². The molecule has 0 N–H and O–H groups in total. The van der Waals surface area contributed by atoms with Crippen molar-refractivity contribution in [3.05, 3.63) is 24.3 Å². The average molecular weight is 291 g/mol. The van der Waals surface area contributed by atoms with Gasteiger partial charge in [0.1, 0.15) is 0 Å². The topological polar surface area (TPSA) is 81.6 Å². The Morgan fingerprint density at radius 2 is 2.48 bits per heavy atom. The standard InChI is InChI=1S/C14H17N3O4/c1-19-14(18)10-4-2-6-17(8-10)9-12-15-13(16-21-12)11-5-3-7-20-11/h3,5,7,10H,2,4,6,8-9H2,1H3/t10-/m0/s1. The van der Waals surface area contributed by atoms with Crippen LogP contribution >= 0.6 is 0 Å². The van der Waals surface area contributed by atoms with Crippen molar-refractivity contribution in [1.29, 1.82) is 0 Å². The Labute approximate surface area is 121 Å². The summed E-state index contributed by atoms with van der Waals surface area (Å²) in [6, 6.07) is 3.56. The third-order valence-corrected chi connectivity index (χ3v) is 3.61. The van der Waals surface area contributed by atoms with Crippen LogP contribution in [-0.2, 0) is 16.1 Å². The molecular formula is C14H17N3O4. The largest absolute Gasteiger partial charge is 0.469 e. The van der Waals surface area contributed by atoms with Crippen molar-refractivity contribution in [2.45, 2.75) is 19.4 Å². The summed E-state index contributed by atoms with van der Waals surface area (Å²) in [5.74, 6) is 1.32. The van der Waals surface area contributed by atoms with E-state index in [1.165, 1.54) is 7.11 Å². The van der Waals surface area contributed by atoms with Crippen LogP contribution in [-0.4, -0.2) is 41.2 Å². The number of aromatic nitrogens is 2. The summed E-state index contributed by atoms with van der Waals surface area (Å²) in [6.45, 7) is 2.10. The number of carbonyl (C=O) groups excluding carboxylic acids is 1. The molecule has 7 nitrogen and oxygen atoms in total. The summed E-state index contributed by atoms with van der Waals surface area (Å²) in [5.41, 5.74) is 0. The fourth-order valence-corrected chi connectivity index (χ4v) is 2.57. The number of rotatable bonds is 4. The van der Waals surface area contributed by atoms with Crippen LogP contribution in [0.25, 0.3) is 11.6 Å². The number of methoxy groups -OCH3 is 1. The maximum Gasteiger partial charge on any atom is 0.309 e. The molecule has 1 aliphatic heterocycles. The smallest absolute Gasteiger partial charge is 0.309 e. The molecule has 0 saturated carbocycles. The molecule has 3 heterocycles. The summed E-state index contributed by atoms with van der Waals surface area (Å²) >= 11 is 0. The molecule has 7 heteroatoms. The van der Waals surface area contributed by atoms with Gasteiger partial charge in [0.05, 0.1) is 25.8 Å². The molecule has 0 amide bonds. The zero-order valence-corrected chi connectivity index (χ0v) is 11.8. The molecule has 1 atom stereocenters. The number of furan rings is 1. The van der Waals surface area contributed by atoms with Crippen molar-refractivity contribution >= 4 is 5.97 Å². The van der Waals surface area contributed by atoms with E-state index in [-0.39, 0.29) is 11.9 Å². The van der Waals surface area contributed by atoms with E-state index in [2.05, 4.69) is 15.0 Å². The minimum absolute atomic E-state index is 0.0729. The summed E-state index contributed by atoms with van der Waals surface area (Å²) in [4.78, 5) is 18.0. The minimum Gasteiger partial charge on any atom is -0.469 e. The van der Waals surface area contributed by atoms with E-state index in [4.69, 9.17) is 13.7 Å². The van der Waals surface area contributed by atoms with Crippen molar-refractivity contribution < 1.29 is 18.5 Å². The summed E-state index contributed by atoms with van der Waals surface area (Å²) in [7, 11) is 1.43. The lowest BCUT2D eigenvalue weighted by molar-refractivity contribution is -0.147. The van der Waals surface area contributed by atoms with E-state index in [0.29, 0.717) is 30.6 Å². The number of carbonyl (C=O) groups is 1. The van der Waals surface area contributed by atoms with Crippen LogP contribution < -0.4 is 0 Å². The maximum absolute atomic E-state index is 11.6. The molecule has 1 saturated heterocycles. The lowest BCUT2D eigenvalue weighted by Gasteiger charge is -2.29. The molecule has 0 spiro atoms. The summed E-state index contributed by atoms with van der Waals surface area (Å²) in [6.07, 6.45) is 3.39. The second-order valence-corrected chi connectivity index (χ2v) is 5.09. The van der Waals surface area contributed by atoms with Gasteiger partial charge in [-0.3, -0.25) is 9.69 Å². The van der Waals surface area contributed by atoms with Crippen LogP contribution in [0.3, 0.4) is 0 Å². The predicted molar refractivity (Wildman–Crippen MR) is 72.0 cm³/mol. The van der Waals surface area contributed by atoms with Gasteiger partial charge >= 0.3 is 5.97 Å². The van der Waals surface area contributed by atoms with Crippen LogP contribution in [0.2, 0.25) is 0 Å². The SMILES string of the molecule is COC(=O)[C@H]1CCCN(Cc2nc(-c3ccco3)no2)C1. The van der Waals surface area contributed by atoms with E-state index in [0.717, 1.165) is 19.4 Å². The zero-order chi connectivity index (χ0) is 14.7. The van der Waals surface area contributed by atoms with Gasteiger partial charge in [-0.2, -0.15) is 4.98 Å². The third-order valence-electron chi connectivity index (χ3n) is 3.61. The van der Waals surface area contributed by atoms with Gasteiger partial charge < -0.3 is 13.7 Å². The Bertz CT molecular complexity index is 593. The van der Waals surface area contributed by atoms with Crippen molar-refractivity contribution in [3.8, 4) is 11.6 Å². The Hall–Kier alpha value is -2.15. The summed E-state index contributed by atoms with van der Waals surface area (Å²) in [5, 5.41) is 3.90. The molecule has 0 aliphatic carbocycles. The number of ether oxygens (including phenoxy) is 1. The van der Waals surface area contributed by atoms with Crippen LogP contribution in [0.4, 0.5) is 0 Å². The molecule has 1 aliphatic rings. The number of hydrogen-bond acceptors (Lipinski definition) is 7. The Balaban J connectivity index is 1.62. The Morgan fingerprint density at radius 3 is 3.24 bits per heavy atom. The lowest BCUT2D eigenvalue weighted by Crippen LogP contribution is -2.38. The first-order valence-electron chi connectivity index (χ1n) is 6.93. The van der Waals surface area contributed by atoms with Crippen molar-refractivity contribution in [2.75, 3.05) is 20.2 Å². The number of likely N-dealkylation sites (tertiary alicyclic amines) is 1. The van der Waals surface area contributed by atoms with Gasteiger partial charge in [-0.05, 0) is 31.5 Å². The monoisotopic (exact) mass is 291 g/mol. The molecule has 21 heavy (non-hydrogen) atoms. The van der Waals surface area contributed by atoms with E-state index in [9.17, 15) is 4.79 Å². The number of piperidine rings is 1. The molecule has 1 fully saturated rings. The first-order valence-corrected chi connectivity index (χ1v) is 6.93. The molecule has 112 valence electrons. The molecule has 0 aromatic carbocycles. The van der Waals surface area contributed by atoms with E-state index in [1.807, 2.05) is 0 Å². The highest BCUT2D eigenvalue weighted by Crippen LogP contribution is 2.21. The highest BCUT2D eigenvalue weighted by molar-refractivity contribution is 5.72. The van der Waals surface area contributed by atoms with Gasteiger partial charge in [-0.25, -0.2) is 0 Å². The van der Waals surface area contributed by atoms with Gasteiger partial charge in [0, 0.05) is 6.54 Å². The van der Waals surface area contributed by atoms with Gasteiger partial charge in [0.2, 0.25) is 11.7 Å². The van der Waals surface area contributed by atoms with Gasteiger partial charge in [-0.15, -0.1) is 0 Å². The molecule has 0 bridgehead atoms. The van der Waals surface area contributed by atoms with Crippen molar-refractivity contribution in [1.82, 2.24) is 15.0 Å². The normalized spacial score (nSPS) is 19.6. The summed E-state index contributed by atoms with van der Waals surface area (Å²) < 4.78 is 15.3. The first kappa shape index (κ1) is 13.8. The second-order valence-electron chi connectivity index (χ2n) is 5.09. The fourth-order valence-electron chi connectivity index (χ4n) is 2.57. The van der Waals surface area contributed by atoms with E-state index in [1.54, 1.807) is 18.4 Å². The number of hydrogen-bond donors (Lipinski definition) is 0. The van der Waals surface area contributed by atoms with Crippen molar-refractivity contribution in [3.63, 3.8) is 0 Å². The lowest BCUT2D eigenvalue weighted by atomic mass is 9.98. The Morgan fingerprint density at radius 1 is 1.57 bits per heavy atom. The molecule has 3 rings (SSSR count). The van der Waals surface area contributed by atoms with Crippen LogP contribution in [0.1, 0.15) is 18.7 Å². The van der Waals surface area contributed by atoms with Crippen LogP contribution in [0.5, 0.6) is 0 Å². The fraction of sp³-hybridized carbons (Fsp3) is 0.500.